The van der Waals surface area contributed by atoms with E-state index in [1.807, 2.05) is 9.44 Å². The number of amides is 1. The van der Waals surface area contributed by atoms with Crippen LogP contribution in [0.1, 0.15) is 27.0 Å². The van der Waals surface area contributed by atoms with Gasteiger partial charge in [0.15, 0.2) is 11.6 Å². The second-order valence-electron chi connectivity index (χ2n) is 7.66. The first-order chi connectivity index (χ1) is 17.0. The van der Waals surface area contributed by atoms with Crippen molar-refractivity contribution >= 4 is 33.4 Å². The van der Waals surface area contributed by atoms with E-state index in [0.717, 1.165) is 11.6 Å². The molecule has 36 heavy (non-hydrogen) atoms. The highest BCUT2D eigenvalue weighted by Crippen LogP contribution is 2.25. The van der Waals surface area contributed by atoms with Crippen LogP contribution in [0.5, 0.6) is 0 Å². The number of anilines is 3. The highest BCUT2D eigenvalue weighted by atomic mass is 32.2. The summed E-state index contributed by atoms with van der Waals surface area (Å²) in [6, 6.07) is 6.90. The van der Waals surface area contributed by atoms with E-state index in [1.54, 1.807) is 13.0 Å². The van der Waals surface area contributed by atoms with Crippen LogP contribution in [0.15, 0.2) is 41.3 Å². The molecule has 0 saturated heterocycles. The summed E-state index contributed by atoms with van der Waals surface area (Å²) in [6.07, 6.45) is 0.868. The van der Waals surface area contributed by atoms with Crippen molar-refractivity contribution in [3.05, 3.63) is 80.8 Å². The lowest BCUT2D eigenvalue weighted by Crippen LogP contribution is -2.30. The molecule has 0 atom stereocenters. The molecule has 11 nitrogen and oxygen atoms in total. The van der Waals surface area contributed by atoms with Crippen LogP contribution in [0.4, 0.5) is 26.1 Å². The number of hydrogen-bond donors (Lipinski definition) is 4. The van der Waals surface area contributed by atoms with Crippen molar-refractivity contribution in [2.45, 2.75) is 13.3 Å². The zero-order chi connectivity index (χ0) is 26.6. The second-order valence-corrected chi connectivity index (χ2v) is 9.28. The number of halogens is 2. The number of aryl methyl sites for hydroxylation is 1. The van der Waals surface area contributed by atoms with E-state index in [1.165, 1.54) is 44.6 Å². The largest absolute Gasteiger partial charge is 0.339 e. The Balaban J connectivity index is 2.09. The van der Waals surface area contributed by atoms with Crippen LogP contribution in [0.2, 0.25) is 0 Å². The summed E-state index contributed by atoms with van der Waals surface area (Å²) in [5.74, 6) is -2.94. The predicted octanol–water partition coefficient (Wildman–Crippen LogP) is 1.87. The van der Waals surface area contributed by atoms with Gasteiger partial charge in [0.05, 0.1) is 18.4 Å². The van der Waals surface area contributed by atoms with Crippen molar-refractivity contribution in [2.24, 2.45) is 7.05 Å². The lowest BCUT2D eigenvalue weighted by atomic mass is 10.0. The van der Waals surface area contributed by atoms with Crippen LogP contribution in [-0.4, -0.2) is 38.0 Å². The van der Waals surface area contributed by atoms with Gasteiger partial charge in [-0.25, -0.2) is 24.0 Å². The fraction of sp³-hybridized carbons (Fsp3) is 0.227. The van der Waals surface area contributed by atoms with Gasteiger partial charge in [-0.2, -0.15) is 8.42 Å². The van der Waals surface area contributed by atoms with Gasteiger partial charge in [0.25, 0.3) is 21.7 Å². The summed E-state index contributed by atoms with van der Waals surface area (Å²) < 4.78 is 57.9. The predicted molar refractivity (Wildman–Crippen MR) is 129 cm³/mol. The van der Waals surface area contributed by atoms with Gasteiger partial charge in [0.1, 0.15) is 11.6 Å². The average Bonchev–Trinajstić information content (AvgIpc) is 2.82. The van der Waals surface area contributed by atoms with Crippen molar-refractivity contribution in [3.8, 4) is 0 Å². The maximum atomic E-state index is 15.0. The van der Waals surface area contributed by atoms with E-state index in [0.29, 0.717) is 5.56 Å². The van der Waals surface area contributed by atoms with Crippen LogP contribution in [-0.2, 0) is 28.5 Å². The van der Waals surface area contributed by atoms with Gasteiger partial charge >= 0.3 is 0 Å². The van der Waals surface area contributed by atoms with Crippen molar-refractivity contribution in [1.29, 1.82) is 0 Å². The summed E-state index contributed by atoms with van der Waals surface area (Å²) >= 11 is 0. The molecule has 0 aliphatic carbocycles. The molecule has 2 heterocycles. The Bertz CT molecular complexity index is 1480. The fourth-order valence-electron chi connectivity index (χ4n) is 3.32. The maximum Gasteiger partial charge on any atom is 0.300 e. The number of aromatic nitrogens is 2. The Kier molecular flexibility index (Phi) is 8.02. The quantitative estimate of drug-likeness (QED) is 0.314. The molecular weight excluding hydrogens is 498 g/mol. The smallest absolute Gasteiger partial charge is 0.300 e. The molecule has 0 unspecified atom stereocenters. The Hall–Kier alpha value is -3.88. The molecule has 3 rings (SSSR count). The maximum absolute atomic E-state index is 15.0. The molecule has 3 aromatic rings. The third-order valence-electron chi connectivity index (χ3n) is 5.16. The van der Waals surface area contributed by atoms with Crippen molar-refractivity contribution in [2.75, 3.05) is 24.2 Å². The topological polar surface area (TPSA) is 143 Å². The molecule has 0 fully saturated rings. The molecule has 0 radical (unpaired) electrons. The molecule has 1 amide bonds. The molecule has 0 bridgehead atoms. The van der Waals surface area contributed by atoms with E-state index in [-0.39, 0.29) is 34.6 Å². The van der Waals surface area contributed by atoms with Gasteiger partial charge in [-0.1, -0.05) is 6.07 Å². The first kappa shape index (κ1) is 26.7. The van der Waals surface area contributed by atoms with E-state index in [4.69, 9.17) is 4.84 Å². The number of carbonyl (C=O) groups is 1. The molecule has 192 valence electrons. The minimum absolute atomic E-state index is 0.00112. The Morgan fingerprint density at radius 1 is 1.17 bits per heavy atom. The van der Waals surface area contributed by atoms with Gasteiger partial charge < -0.3 is 5.32 Å². The van der Waals surface area contributed by atoms with Gasteiger partial charge in [-0.15, -0.1) is 0 Å². The SMILES string of the molecule is CNS(=O)(=O)Nc1nccc(Cc2cc(C(=O)NOC)c(Nc3ccc(C)cc3F)n(C)c2=O)c1F. The summed E-state index contributed by atoms with van der Waals surface area (Å²) in [6.45, 7) is 1.71. The highest BCUT2D eigenvalue weighted by molar-refractivity contribution is 7.90. The molecule has 0 saturated carbocycles. The molecule has 0 spiro atoms. The Morgan fingerprint density at radius 2 is 1.89 bits per heavy atom. The minimum atomic E-state index is -4.04. The Labute approximate surface area is 205 Å². The van der Waals surface area contributed by atoms with E-state index in [9.17, 15) is 22.4 Å². The molecule has 0 aliphatic rings. The summed E-state index contributed by atoms with van der Waals surface area (Å²) in [7, 11) is -0.326. The fourth-order valence-corrected chi connectivity index (χ4v) is 3.82. The van der Waals surface area contributed by atoms with Crippen LogP contribution >= 0.6 is 0 Å². The lowest BCUT2D eigenvalue weighted by molar-refractivity contribution is 0.0538. The number of pyridine rings is 2. The van der Waals surface area contributed by atoms with Crippen molar-refractivity contribution in [3.63, 3.8) is 0 Å². The third-order valence-corrected chi connectivity index (χ3v) is 6.15. The standard InChI is InChI=1S/C22H24F2N6O5S/c1-12-5-6-17(16(23)9-12)27-20-15(21(31)28-35-4)11-14(22(32)30(20)3)10-13-7-8-26-19(18(13)24)29-36(33,34)25-2/h5-9,11,25,27H,10H2,1-4H3,(H,26,29)(H,28,31). The number of nitrogens with zero attached hydrogens (tertiary/aromatic N) is 2. The van der Waals surface area contributed by atoms with Crippen molar-refractivity contribution < 1.29 is 26.8 Å². The molecule has 1 aromatic carbocycles. The third kappa shape index (κ3) is 5.84. The second kappa shape index (κ2) is 10.8. The molecule has 0 aliphatic heterocycles. The van der Waals surface area contributed by atoms with Gasteiger partial charge in [-0.05, 0) is 42.3 Å². The number of benzene rings is 1. The van der Waals surface area contributed by atoms with Gasteiger partial charge in [-0.3, -0.25) is 23.7 Å². The minimum Gasteiger partial charge on any atom is -0.339 e. The number of hydroxylamine groups is 1. The first-order valence-corrected chi connectivity index (χ1v) is 11.9. The van der Waals surface area contributed by atoms with Crippen LogP contribution in [0, 0.1) is 18.6 Å². The summed E-state index contributed by atoms with van der Waals surface area (Å²) in [5, 5.41) is 2.76. The number of carbonyl (C=O) groups excluding carboxylic acids is 1. The van der Waals surface area contributed by atoms with Crippen LogP contribution in [0.25, 0.3) is 0 Å². The highest BCUT2D eigenvalue weighted by Gasteiger charge is 2.22. The normalized spacial score (nSPS) is 11.3. The van der Waals surface area contributed by atoms with E-state index in [2.05, 4.69) is 15.8 Å². The number of nitrogens with one attached hydrogen (secondary N) is 4. The molecular formula is C22H24F2N6O5S. The zero-order valence-corrected chi connectivity index (χ0v) is 20.6. The summed E-state index contributed by atoms with van der Waals surface area (Å²) in [5.41, 5.74) is 2.10. The molecule has 4 N–H and O–H groups in total. The van der Waals surface area contributed by atoms with Gasteiger partial charge in [0, 0.05) is 32.3 Å². The molecule has 14 heteroatoms. The zero-order valence-electron chi connectivity index (χ0n) is 19.8. The van der Waals surface area contributed by atoms with Crippen LogP contribution < -0.4 is 25.8 Å². The van der Waals surface area contributed by atoms with E-state index >= 15 is 4.39 Å². The van der Waals surface area contributed by atoms with Crippen LogP contribution in [0.3, 0.4) is 0 Å². The average molecular weight is 523 g/mol. The van der Waals surface area contributed by atoms with Gasteiger partial charge in [0.2, 0.25) is 0 Å². The first-order valence-electron chi connectivity index (χ1n) is 10.4. The number of rotatable bonds is 9. The molecule has 2 aromatic heterocycles. The monoisotopic (exact) mass is 522 g/mol. The van der Waals surface area contributed by atoms with Crippen molar-refractivity contribution in [1.82, 2.24) is 19.8 Å². The lowest BCUT2D eigenvalue weighted by Gasteiger charge is -2.18. The number of hydrogen-bond acceptors (Lipinski definition) is 7. The Morgan fingerprint density at radius 3 is 2.53 bits per heavy atom. The summed E-state index contributed by atoms with van der Waals surface area (Å²) in [4.78, 5) is 34.2. The van der Waals surface area contributed by atoms with E-state index < -0.39 is 39.1 Å².